The normalized spacial score (nSPS) is 25.5. The highest BCUT2D eigenvalue weighted by Gasteiger charge is 2.29. The van der Waals surface area contributed by atoms with E-state index in [0.29, 0.717) is 6.10 Å². The van der Waals surface area contributed by atoms with Gasteiger partial charge < -0.3 is 4.74 Å². The van der Waals surface area contributed by atoms with Gasteiger partial charge in [0, 0.05) is 13.7 Å². The zero-order valence-corrected chi connectivity index (χ0v) is 8.84. The van der Waals surface area contributed by atoms with E-state index in [9.17, 15) is 0 Å². The van der Waals surface area contributed by atoms with Crippen LogP contribution in [0.15, 0.2) is 0 Å². The maximum Gasteiger partial charge on any atom is 0.0767 e. The third-order valence-corrected chi connectivity index (χ3v) is 2.86. The van der Waals surface area contributed by atoms with Crippen LogP contribution in [0, 0.1) is 12.3 Å². The molecule has 0 spiro atoms. The van der Waals surface area contributed by atoms with Gasteiger partial charge in [-0.05, 0) is 33.2 Å². The number of terminal acetylenes is 1. The van der Waals surface area contributed by atoms with Gasteiger partial charge in [0.1, 0.15) is 0 Å². The minimum atomic E-state index is -0.128. The minimum Gasteiger partial charge on any atom is -0.380 e. The molecule has 0 amide bonds. The van der Waals surface area contributed by atoms with Crippen LogP contribution in [0.2, 0.25) is 0 Å². The predicted molar refractivity (Wildman–Crippen MR) is 54.5 cm³/mol. The first-order valence-corrected chi connectivity index (χ1v) is 4.86. The molecule has 1 fully saturated rings. The van der Waals surface area contributed by atoms with Crippen molar-refractivity contribution in [3.05, 3.63) is 0 Å². The van der Waals surface area contributed by atoms with Gasteiger partial charge >= 0.3 is 0 Å². The summed E-state index contributed by atoms with van der Waals surface area (Å²) in [6.45, 7) is 6.24. The fraction of sp³-hybridized carbons (Fsp3) is 0.818. The summed E-state index contributed by atoms with van der Waals surface area (Å²) in [7, 11) is 1.77. The summed E-state index contributed by atoms with van der Waals surface area (Å²) in [5.41, 5.74) is -0.128. The molecule has 0 bridgehead atoms. The maximum absolute atomic E-state index is 5.49. The molecule has 0 aliphatic carbocycles. The molecule has 0 aromatic rings. The highest BCUT2D eigenvalue weighted by atomic mass is 16.5. The SMILES string of the molecule is C#CC(C)(C)N1CCCC(OC)C1. The first-order chi connectivity index (χ1) is 6.10. The van der Waals surface area contributed by atoms with Crippen molar-refractivity contribution in [2.45, 2.75) is 38.3 Å². The molecule has 1 aliphatic heterocycles. The summed E-state index contributed by atoms with van der Waals surface area (Å²) in [4.78, 5) is 2.32. The van der Waals surface area contributed by atoms with Gasteiger partial charge in [0.05, 0.1) is 11.6 Å². The van der Waals surface area contributed by atoms with E-state index in [0.717, 1.165) is 19.5 Å². The van der Waals surface area contributed by atoms with Crippen molar-refractivity contribution < 1.29 is 4.74 Å². The Balaban J connectivity index is 2.57. The summed E-state index contributed by atoms with van der Waals surface area (Å²) < 4.78 is 5.35. The van der Waals surface area contributed by atoms with Crippen LogP contribution >= 0.6 is 0 Å². The molecular weight excluding hydrogens is 162 g/mol. The summed E-state index contributed by atoms with van der Waals surface area (Å²) >= 11 is 0. The molecule has 1 atom stereocenters. The van der Waals surface area contributed by atoms with Crippen LogP contribution < -0.4 is 0 Å². The summed E-state index contributed by atoms with van der Waals surface area (Å²) in [5, 5.41) is 0. The van der Waals surface area contributed by atoms with Crippen LogP contribution in [-0.4, -0.2) is 36.7 Å². The van der Waals surface area contributed by atoms with Crippen molar-refractivity contribution in [3.8, 4) is 12.3 Å². The summed E-state index contributed by atoms with van der Waals surface area (Å²) in [5.74, 6) is 2.83. The number of hydrogen-bond acceptors (Lipinski definition) is 2. The quantitative estimate of drug-likeness (QED) is 0.599. The molecule has 0 radical (unpaired) electrons. The fourth-order valence-corrected chi connectivity index (χ4v) is 1.73. The monoisotopic (exact) mass is 181 g/mol. The number of nitrogens with zero attached hydrogens (tertiary/aromatic N) is 1. The molecule has 1 saturated heterocycles. The molecule has 74 valence electrons. The average molecular weight is 181 g/mol. The third-order valence-electron chi connectivity index (χ3n) is 2.86. The topological polar surface area (TPSA) is 12.5 Å². The number of methoxy groups -OCH3 is 1. The second kappa shape index (κ2) is 4.13. The van der Waals surface area contributed by atoms with Crippen LogP contribution in [0.25, 0.3) is 0 Å². The largest absolute Gasteiger partial charge is 0.380 e. The lowest BCUT2D eigenvalue weighted by atomic mass is 9.98. The molecule has 2 nitrogen and oxygen atoms in total. The van der Waals surface area contributed by atoms with Gasteiger partial charge in [-0.25, -0.2) is 0 Å². The second-order valence-electron chi connectivity index (χ2n) is 4.15. The predicted octanol–water partition coefficient (Wildman–Crippen LogP) is 1.51. The zero-order valence-electron chi connectivity index (χ0n) is 8.84. The van der Waals surface area contributed by atoms with Crippen LogP contribution in [-0.2, 0) is 4.74 Å². The highest BCUT2D eigenvalue weighted by molar-refractivity contribution is 5.09. The van der Waals surface area contributed by atoms with Gasteiger partial charge in [-0.1, -0.05) is 5.92 Å². The first kappa shape index (κ1) is 10.6. The summed E-state index contributed by atoms with van der Waals surface area (Å²) in [6.07, 6.45) is 8.20. The standard InChI is InChI=1S/C11H19NO/c1-5-11(2,3)12-8-6-7-10(9-12)13-4/h1,10H,6-9H2,2-4H3. The van der Waals surface area contributed by atoms with Crippen LogP contribution in [0.3, 0.4) is 0 Å². The van der Waals surface area contributed by atoms with Crippen molar-refractivity contribution in [2.75, 3.05) is 20.2 Å². The van der Waals surface area contributed by atoms with E-state index in [1.165, 1.54) is 6.42 Å². The number of rotatable bonds is 2. The van der Waals surface area contributed by atoms with E-state index in [1.807, 2.05) is 0 Å². The van der Waals surface area contributed by atoms with E-state index >= 15 is 0 Å². The van der Waals surface area contributed by atoms with E-state index in [4.69, 9.17) is 11.2 Å². The van der Waals surface area contributed by atoms with E-state index in [-0.39, 0.29) is 5.54 Å². The van der Waals surface area contributed by atoms with Crippen molar-refractivity contribution in [1.82, 2.24) is 4.90 Å². The lowest BCUT2D eigenvalue weighted by Crippen LogP contribution is -2.50. The molecule has 1 aliphatic rings. The number of ether oxygens (including phenoxy) is 1. The lowest BCUT2D eigenvalue weighted by Gasteiger charge is -2.40. The Morgan fingerprint density at radius 3 is 2.77 bits per heavy atom. The van der Waals surface area contributed by atoms with E-state index < -0.39 is 0 Å². The van der Waals surface area contributed by atoms with Gasteiger partial charge in [0.2, 0.25) is 0 Å². The highest BCUT2D eigenvalue weighted by Crippen LogP contribution is 2.21. The smallest absolute Gasteiger partial charge is 0.0767 e. The molecule has 13 heavy (non-hydrogen) atoms. The second-order valence-corrected chi connectivity index (χ2v) is 4.15. The summed E-state index contributed by atoms with van der Waals surface area (Å²) in [6, 6.07) is 0. The molecule has 1 heterocycles. The number of likely N-dealkylation sites (tertiary alicyclic amines) is 1. The molecule has 2 heteroatoms. The zero-order chi connectivity index (χ0) is 9.90. The van der Waals surface area contributed by atoms with Crippen LogP contribution in [0.4, 0.5) is 0 Å². The fourth-order valence-electron chi connectivity index (χ4n) is 1.73. The maximum atomic E-state index is 5.49. The van der Waals surface area contributed by atoms with E-state index in [2.05, 4.69) is 24.7 Å². The number of piperidine rings is 1. The van der Waals surface area contributed by atoms with Crippen molar-refractivity contribution in [3.63, 3.8) is 0 Å². The van der Waals surface area contributed by atoms with Crippen LogP contribution in [0.1, 0.15) is 26.7 Å². The van der Waals surface area contributed by atoms with Gasteiger partial charge in [-0.15, -0.1) is 6.42 Å². The third kappa shape index (κ3) is 2.46. The van der Waals surface area contributed by atoms with Crippen molar-refractivity contribution >= 4 is 0 Å². The average Bonchev–Trinajstić information content (AvgIpc) is 2.18. The lowest BCUT2D eigenvalue weighted by molar-refractivity contribution is 0.00673. The Labute approximate surface area is 81.3 Å². The Morgan fingerprint density at radius 1 is 1.54 bits per heavy atom. The first-order valence-electron chi connectivity index (χ1n) is 4.86. The van der Waals surface area contributed by atoms with Gasteiger partial charge in [-0.3, -0.25) is 4.90 Å². The molecule has 0 N–H and O–H groups in total. The molecule has 0 saturated carbocycles. The van der Waals surface area contributed by atoms with E-state index in [1.54, 1.807) is 7.11 Å². The van der Waals surface area contributed by atoms with Gasteiger partial charge in [0.25, 0.3) is 0 Å². The number of hydrogen-bond donors (Lipinski definition) is 0. The molecule has 1 unspecified atom stereocenters. The molecule has 1 rings (SSSR count). The van der Waals surface area contributed by atoms with Crippen molar-refractivity contribution in [2.24, 2.45) is 0 Å². The van der Waals surface area contributed by atoms with Gasteiger partial charge in [0.15, 0.2) is 0 Å². The van der Waals surface area contributed by atoms with Crippen LogP contribution in [0.5, 0.6) is 0 Å². The Kier molecular flexibility index (Phi) is 3.35. The Bertz CT molecular complexity index is 205. The molecule has 0 aromatic carbocycles. The molecule has 0 aromatic heterocycles. The Hall–Kier alpha value is -0.520. The van der Waals surface area contributed by atoms with Crippen molar-refractivity contribution in [1.29, 1.82) is 0 Å². The van der Waals surface area contributed by atoms with Gasteiger partial charge in [-0.2, -0.15) is 0 Å². The minimum absolute atomic E-state index is 0.128. The molecular formula is C11H19NO. The Morgan fingerprint density at radius 2 is 2.23 bits per heavy atom.